The molecule has 1 rings (SSSR count). The van der Waals surface area contributed by atoms with Gasteiger partial charge in [0, 0.05) is 11.7 Å². The Morgan fingerprint density at radius 2 is 2.12 bits per heavy atom. The van der Waals surface area contributed by atoms with Gasteiger partial charge in [0.2, 0.25) is 5.03 Å². The van der Waals surface area contributed by atoms with E-state index < -0.39 is 26.4 Å². The number of nitrogens with zero attached hydrogens (tertiary/aromatic N) is 1. The van der Waals surface area contributed by atoms with Crippen LogP contribution in [0.25, 0.3) is 0 Å². The zero-order chi connectivity index (χ0) is 13.1. The lowest BCUT2D eigenvalue weighted by Crippen LogP contribution is -2.43. The average Bonchev–Trinajstić information content (AvgIpc) is 2.15. The molecule has 0 aromatic carbocycles. The Morgan fingerprint density at radius 1 is 1.47 bits per heavy atom. The van der Waals surface area contributed by atoms with E-state index in [1.54, 1.807) is 13.8 Å². The molecule has 0 aliphatic heterocycles. The molecule has 0 amide bonds. The number of aromatic nitrogens is 1. The molecule has 0 radical (unpaired) electrons. The number of rotatable bonds is 5. The zero-order valence-corrected chi connectivity index (χ0v) is 11.0. The molecule has 6 heteroatoms. The maximum Gasteiger partial charge on any atom is 0.261 e. The number of sulfonamides is 1. The van der Waals surface area contributed by atoms with Crippen LogP contribution in [0.15, 0.2) is 23.4 Å². The minimum Gasteiger partial charge on any atom is -0.241 e. The molecule has 17 heavy (non-hydrogen) atoms. The SMILES string of the molecule is CCCC(C)(C)NS(=O)(=O)c1ncccc1F. The Labute approximate surface area is 101 Å². The van der Waals surface area contributed by atoms with E-state index in [0.717, 1.165) is 12.5 Å². The minimum atomic E-state index is -3.91. The smallest absolute Gasteiger partial charge is 0.241 e. The fraction of sp³-hybridized carbons (Fsp3) is 0.545. The molecule has 1 N–H and O–H groups in total. The maximum absolute atomic E-state index is 13.4. The highest BCUT2D eigenvalue weighted by atomic mass is 32.2. The second-order valence-corrected chi connectivity index (χ2v) is 6.13. The van der Waals surface area contributed by atoms with Crippen LogP contribution in [-0.2, 0) is 10.0 Å². The Morgan fingerprint density at radius 3 is 2.65 bits per heavy atom. The molecule has 0 aliphatic rings. The molecule has 0 aliphatic carbocycles. The van der Waals surface area contributed by atoms with E-state index in [2.05, 4.69) is 9.71 Å². The van der Waals surface area contributed by atoms with Gasteiger partial charge in [-0.1, -0.05) is 13.3 Å². The van der Waals surface area contributed by atoms with E-state index >= 15 is 0 Å². The van der Waals surface area contributed by atoms with Crippen LogP contribution in [0.2, 0.25) is 0 Å². The second kappa shape index (κ2) is 5.10. The van der Waals surface area contributed by atoms with Crippen molar-refractivity contribution < 1.29 is 12.8 Å². The van der Waals surface area contributed by atoms with E-state index in [9.17, 15) is 12.8 Å². The van der Waals surface area contributed by atoms with E-state index in [1.807, 2.05) is 6.92 Å². The molecular formula is C11H17FN2O2S. The van der Waals surface area contributed by atoms with Crippen molar-refractivity contribution in [2.45, 2.75) is 44.2 Å². The molecule has 0 spiro atoms. The van der Waals surface area contributed by atoms with Crippen LogP contribution in [0.5, 0.6) is 0 Å². The average molecular weight is 260 g/mol. The van der Waals surface area contributed by atoms with Crippen LogP contribution in [0.3, 0.4) is 0 Å². The number of nitrogens with one attached hydrogen (secondary N) is 1. The Kier molecular flexibility index (Phi) is 4.21. The molecule has 1 aromatic rings. The van der Waals surface area contributed by atoms with Crippen LogP contribution in [0.1, 0.15) is 33.6 Å². The minimum absolute atomic E-state index is 0.552. The third kappa shape index (κ3) is 3.74. The predicted octanol–water partition coefficient (Wildman–Crippen LogP) is 2.08. The van der Waals surface area contributed by atoms with E-state index in [-0.39, 0.29) is 0 Å². The summed E-state index contributed by atoms with van der Waals surface area (Å²) >= 11 is 0. The van der Waals surface area contributed by atoms with Crippen molar-refractivity contribution in [3.8, 4) is 0 Å². The first-order valence-corrected chi connectivity index (χ1v) is 6.91. The lowest BCUT2D eigenvalue weighted by Gasteiger charge is -2.25. The van der Waals surface area contributed by atoms with Crippen LogP contribution < -0.4 is 4.72 Å². The van der Waals surface area contributed by atoms with Gasteiger partial charge >= 0.3 is 0 Å². The first-order valence-electron chi connectivity index (χ1n) is 5.43. The van der Waals surface area contributed by atoms with Gasteiger partial charge in [-0.3, -0.25) is 0 Å². The molecule has 1 aromatic heterocycles. The molecule has 0 unspecified atom stereocenters. The van der Waals surface area contributed by atoms with E-state index in [1.165, 1.54) is 12.3 Å². The summed E-state index contributed by atoms with van der Waals surface area (Å²) in [4.78, 5) is 3.57. The number of pyridine rings is 1. The molecule has 0 bridgehead atoms. The van der Waals surface area contributed by atoms with Crippen LogP contribution in [0.4, 0.5) is 4.39 Å². The zero-order valence-electron chi connectivity index (χ0n) is 10.2. The lowest BCUT2D eigenvalue weighted by molar-refractivity contribution is 0.415. The van der Waals surface area contributed by atoms with Gasteiger partial charge in [-0.2, -0.15) is 0 Å². The molecule has 0 fully saturated rings. The van der Waals surface area contributed by atoms with Crippen molar-refractivity contribution in [2.75, 3.05) is 0 Å². The number of hydrogen-bond donors (Lipinski definition) is 1. The van der Waals surface area contributed by atoms with Crippen molar-refractivity contribution in [2.24, 2.45) is 0 Å². The lowest BCUT2D eigenvalue weighted by atomic mass is 10.0. The van der Waals surface area contributed by atoms with Crippen molar-refractivity contribution in [3.63, 3.8) is 0 Å². The quantitative estimate of drug-likeness (QED) is 0.881. The highest BCUT2D eigenvalue weighted by molar-refractivity contribution is 7.89. The fourth-order valence-electron chi connectivity index (χ4n) is 1.66. The van der Waals surface area contributed by atoms with Crippen LogP contribution in [-0.4, -0.2) is 18.9 Å². The number of hydrogen-bond acceptors (Lipinski definition) is 3. The van der Waals surface area contributed by atoms with Crippen molar-refractivity contribution in [1.82, 2.24) is 9.71 Å². The highest BCUT2D eigenvalue weighted by Gasteiger charge is 2.28. The van der Waals surface area contributed by atoms with Gasteiger partial charge in [0.15, 0.2) is 5.82 Å². The molecule has 96 valence electrons. The molecule has 4 nitrogen and oxygen atoms in total. The Bertz CT molecular complexity index is 486. The summed E-state index contributed by atoms with van der Waals surface area (Å²) in [7, 11) is -3.91. The maximum atomic E-state index is 13.4. The molecule has 1 heterocycles. The van der Waals surface area contributed by atoms with Crippen LogP contribution >= 0.6 is 0 Å². The summed E-state index contributed by atoms with van der Waals surface area (Å²) in [6.07, 6.45) is 2.76. The van der Waals surface area contributed by atoms with Gasteiger partial charge in [-0.15, -0.1) is 0 Å². The monoisotopic (exact) mass is 260 g/mol. The van der Waals surface area contributed by atoms with Gasteiger partial charge < -0.3 is 0 Å². The summed E-state index contributed by atoms with van der Waals surface area (Å²) in [5.41, 5.74) is -0.614. The van der Waals surface area contributed by atoms with Crippen molar-refractivity contribution in [3.05, 3.63) is 24.1 Å². The van der Waals surface area contributed by atoms with Gasteiger partial charge in [-0.05, 0) is 32.4 Å². The largest absolute Gasteiger partial charge is 0.261 e. The van der Waals surface area contributed by atoms with Gasteiger partial charge in [0.25, 0.3) is 10.0 Å². The second-order valence-electron chi connectivity index (χ2n) is 4.53. The predicted molar refractivity (Wildman–Crippen MR) is 63.5 cm³/mol. The first kappa shape index (κ1) is 14.1. The molecule has 0 atom stereocenters. The summed E-state index contributed by atoms with van der Waals surface area (Å²) < 4.78 is 39.7. The van der Waals surface area contributed by atoms with Crippen molar-refractivity contribution >= 4 is 10.0 Å². The fourth-order valence-corrected chi connectivity index (χ4v) is 3.11. The normalized spacial score (nSPS) is 12.7. The molecular weight excluding hydrogens is 243 g/mol. The third-order valence-electron chi connectivity index (χ3n) is 2.26. The Hall–Kier alpha value is -1.01. The topological polar surface area (TPSA) is 59.1 Å². The van der Waals surface area contributed by atoms with Gasteiger partial charge in [0.1, 0.15) is 0 Å². The van der Waals surface area contributed by atoms with Gasteiger partial charge in [-0.25, -0.2) is 22.5 Å². The third-order valence-corrected chi connectivity index (χ3v) is 3.90. The summed E-state index contributed by atoms with van der Waals surface area (Å²) in [5, 5.41) is -0.552. The highest BCUT2D eigenvalue weighted by Crippen LogP contribution is 2.17. The Balaban J connectivity index is 3.02. The van der Waals surface area contributed by atoms with Crippen molar-refractivity contribution in [1.29, 1.82) is 0 Å². The first-order chi connectivity index (χ1) is 7.78. The summed E-state index contributed by atoms with van der Waals surface area (Å²) in [5.74, 6) is -0.840. The molecule has 0 saturated heterocycles. The standard InChI is InChI=1S/C11H17FN2O2S/c1-4-7-11(2,3)14-17(15,16)10-9(12)6-5-8-13-10/h5-6,8,14H,4,7H2,1-3H3. The summed E-state index contributed by atoms with van der Waals surface area (Å²) in [6.45, 7) is 5.47. The van der Waals surface area contributed by atoms with E-state index in [0.29, 0.717) is 6.42 Å². The molecule has 0 saturated carbocycles. The number of halogens is 1. The van der Waals surface area contributed by atoms with E-state index in [4.69, 9.17) is 0 Å². The summed E-state index contributed by atoms with van der Waals surface area (Å²) in [6, 6.07) is 2.43. The van der Waals surface area contributed by atoms with Gasteiger partial charge in [0.05, 0.1) is 0 Å². The van der Waals surface area contributed by atoms with Crippen LogP contribution in [0, 0.1) is 5.82 Å².